The van der Waals surface area contributed by atoms with Gasteiger partial charge in [-0.2, -0.15) is 0 Å². The lowest BCUT2D eigenvalue weighted by molar-refractivity contribution is -0.117. The smallest absolute Gasteiger partial charge is 0.231 e. The molecule has 0 spiro atoms. The van der Waals surface area contributed by atoms with Gasteiger partial charge in [0, 0.05) is 11.1 Å². The molecule has 104 valence electrons. The maximum Gasteiger partial charge on any atom is 0.231 e. The van der Waals surface area contributed by atoms with E-state index in [9.17, 15) is 4.79 Å². The average molecular weight is 275 g/mol. The van der Waals surface area contributed by atoms with Gasteiger partial charge in [-0.3, -0.25) is 4.79 Å². The summed E-state index contributed by atoms with van der Waals surface area (Å²) in [7, 11) is 0. The molecule has 0 heterocycles. The summed E-state index contributed by atoms with van der Waals surface area (Å²) in [6, 6.07) is 23.8. The highest BCUT2D eigenvalue weighted by molar-refractivity contribution is 6.04. The van der Waals surface area contributed by atoms with E-state index >= 15 is 0 Å². The molecular formula is C19H17NO. The summed E-state index contributed by atoms with van der Waals surface area (Å²) in [5.74, 6) is -0.164. The number of benzene rings is 3. The van der Waals surface area contributed by atoms with Crippen molar-refractivity contribution >= 4 is 22.4 Å². The first-order valence-corrected chi connectivity index (χ1v) is 7.09. The maximum atomic E-state index is 12.4. The summed E-state index contributed by atoms with van der Waals surface area (Å²) in [5.41, 5.74) is 1.89. The highest BCUT2D eigenvalue weighted by Crippen LogP contribution is 2.24. The van der Waals surface area contributed by atoms with Crippen molar-refractivity contribution < 1.29 is 4.79 Å². The third-order valence-corrected chi connectivity index (χ3v) is 3.74. The molecule has 0 bridgehead atoms. The molecule has 3 rings (SSSR count). The van der Waals surface area contributed by atoms with E-state index in [2.05, 4.69) is 5.32 Å². The van der Waals surface area contributed by atoms with Crippen LogP contribution in [0.3, 0.4) is 0 Å². The van der Waals surface area contributed by atoms with Crippen LogP contribution >= 0.6 is 0 Å². The molecule has 0 aliphatic carbocycles. The topological polar surface area (TPSA) is 29.1 Å². The van der Waals surface area contributed by atoms with E-state index in [1.54, 1.807) is 0 Å². The molecule has 2 heteroatoms. The minimum atomic E-state index is -0.176. The van der Waals surface area contributed by atoms with E-state index in [4.69, 9.17) is 0 Å². The third-order valence-electron chi connectivity index (χ3n) is 3.74. The van der Waals surface area contributed by atoms with Crippen molar-refractivity contribution in [3.63, 3.8) is 0 Å². The number of amides is 1. The van der Waals surface area contributed by atoms with Gasteiger partial charge in [0.1, 0.15) is 0 Å². The van der Waals surface area contributed by atoms with Gasteiger partial charge < -0.3 is 5.32 Å². The van der Waals surface area contributed by atoms with E-state index in [0.717, 1.165) is 22.0 Å². The van der Waals surface area contributed by atoms with Crippen LogP contribution in [0.5, 0.6) is 0 Å². The Morgan fingerprint density at radius 2 is 1.52 bits per heavy atom. The minimum absolute atomic E-state index is 0.0116. The van der Waals surface area contributed by atoms with Crippen molar-refractivity contribution in [1.29, 1.82) is 0 Å². The molecule has 0 saturated carbocycles. The van der Waals surface area contributed by atoms with Crippen molar-refractivity contribution in [2.45, 2.75) is 12.8 Å². The second kappa shape index (κ2) is 5.80. The van der Waals surface area contributed by atoms with Crippen molar-refractivity contribution in [3.8, 4) is 0 Å². The van der Waals surface area contributed by atoms with E-state index in [0.29, 0.717) is 0 Å². The molecule has 2 nitrogen and oxygen atoms in total. The van der Waals surface area contributed by atoms with Crippen molar-refractivity contribution in [2.75, 3.05) is 5.32 Å². The molecule has 3 aromatic carbocycles. The highest BCUT2D eigenvalue weighted by atomic mass is 16.1. The number of nitrogens with one attached hydrogen (secondary N) is 1. The Bertz CT molecular complexity index is 759. The molecule has 0 aliphatic heterocycles. The van der Waals surface area contributed by atoms with Crippen LogP contribution in [0.4, 0.5) is 5.69 Å². The van der Waals surface area contributed by atoms with E-state index in [1.807, 2.05) is 79.7 Å². The molecule has 1 atom stereocenters. The monoisotopic (exact) mass is 275 g/mol. The van der Waals surface area contributed by atoms with Gasteiger partial charge in [-0.25, -0.2) is 0 Å². The lowest BCUT2D eigenvalue weighted by atomic mass is 10.00. The quantitative estimate of drug-likeness (QED) is 0.744. The van der Waals surface area contributed by atoms with E-state index in [1.165, 1.54) is 0 Å². The second-order valence-electron chi connectivity index (χ2n) is 5.15. The van der Waals surface area contributed by atoms with Crippen LogP contribution in [0.2, 0.25) is 0 Å². The van der Waals surface area contributed by atoms with Gasteiger partial charge in [-0.15, -0.1) is 0 Å². The maximum absolute atomic E-state index is 12.4. The number of anilines is 1. The predicted molar refractivity (Wildman–Crippen MR) is 87.4 cm³/mol. The standard InChI is InChI=1S/C19H17NO/c1-14(15-8-3-2-4-9-15)19(21)20-18-13-7-11-16-10-5-6-12-17(16)18/h2-14H,1H3,(H,20,21)/t14-/m1/s1. The van der Waals surface area contributed by atoms with Gasteiger partial charge in [-0.1, -0.05) is 66.7 Å². The molecular weight excluding hydrogens is 258 g/mol. The van der Waals surface area contributed by atoms with Crippen LogP contribution in [0.1, 0.15) is 18.4 Å². The van der Waals surface area contributed by atoms with Gasteiger partial charge in [-0.05, 0) is 23.9 Å². The van der Waals surface area contributed by atoms with Crippen LogP contribution in [-0.4, -0.2) is 5.91 Å². The fourth-order valence-corrected chi connectivity index (χ4v) is 2.47. The molecule has 0 radical (unpaired) electrons. The predicted octanol–water partition coefficient (Wildman–Crippen LogP) is 4.58. The fraction of sp³-hybridized carbons (Fsp3) is 0.105. The third kappa shape index (κ3) is 2.79. The summed E-state index contributed by atoms with van der Waals surface area (Å²) < 4.78 is 0. The zero-order valence-corrected chi connectivity index (χ0v) is 11.9. The molecule has 3 aromatic rings. The molecule has 0 aliphatic rings. The Balaban J connectivity index is 1.87. The van der Waals surface area contributed by atoms with Crippen LogP contribution < -0.4 is 5.32 Å². The normalized spacial score (nSPS) is 12.0. The second-order valence-corrected chi connectivity index (χ2v) is 5.15. The average Bonchev–Trinajstić information content (AvgIpc) is 2.55. The first-order chi connectivity index (χ1) is 10.3. The highest BCUT2D eigenvalue weighted by Gasteiger charge is 2.15. The summed E-state index contributed by atoms with van der Waals surface area (Å²) in [6.07, 6.45) is 0. The summed E-state index contributed by atoms with van der Waals surface area (Å²) in [6.45, 7) is 1.93. The van der Waals surface area contributed by atoms with E-state index < -0.39 is 0 Å². The Morgan fingerprint density at radius 3 is 2.33 bits per heavy atom. The Morgan fingerprint density at radius 1 is 0.857 bits per heavy atom. The Hall–Kier alpha value is -2.61. The number of hydrogen-bond acceptors (Lipinski definition) is 1. The Labute approximate surface area is 124 Å². The largest absolute Gasteiger partial charge is 0.325 e. The molecule has 1 N–H and O–H groups in total. The van der Waals surface area contributed by atoms with Crippen molar-refractivity contribution in [2.24, 2.45) is 0 Å². The van der Waals surface area contributed by atoms with Crippen LogP contribution in [-0.2, 0) is 4.79 Å². The van der Waals surface area contributed by atoms with E-state index in [-0.39, 0.29) is 11.8 Å². The summed E-state index contributed by atoms with van der Waals surface area (Å²) in [5, 5.41) is 5.24. The van der Waals surface area contributed by atoms with Crippen molar-refractivity contribution in [1.82, 2.24) is 0 Å². The first-order valence-electron chi connectivity index (χ1n) is 7.09. The lowest BCUT2D eigenvalue weighted by Gasteiger charge is -2.14. The minimum Gasteiger partial charge on any atom is -0.325 e. The molecule has 0 unspecified atom stereocenters. The van der Waals surface area contributed by atoms with Gasteiger partial charge in [0.15, 0.2) is 0 Å². The molecule has 0 fully saturated rings. The number of hydrogen-bond donors (Lipinski definition) is 1. The first kappa shape index (κ1) is 13.4. The molecule has 1 amide bonds. The summed E-state index contributed by atoms with van der Waals surface area (Å²) >= 11 is 0. The van der Waals surface area contributed by atoms with Crippen LogP contribution in [0, 0.1) is 0 Å². The number of fused-ring (bicyclic) bond motifs is 1. The number of rotatable bonds is 3. The van der Waals surface area contributed by atoms with Gasteiger partial charge in [0.05, 0.1) is 5.92 Å². The number of carbonyl (C=O) groups excluding carboxylic acids is 1. The molecule has 0 aromatic heterocycles. The number of carbonyl (C=O) groups is 1. The van der Waals surface area contributed by atoms with Crippen LogP contribution in [0.15, 0.2) is 72.8 Å². The zero-order chi connectivity index (χ0) is 14.7. The van der Waals surface area contributed by atoms with Gasteiger partial charge in [0.2, 0.25) is 5.91 Å². The fourth-order valence-electron chi connectivity index (χ4n) is 2.47. The van der Waals surface area contributed by atoms with Gasteiger partial charge >= 0.3 is 0 Å². The molecule has 0 saturated heterocycles. The molecule has 21 heavy (non-hydrogen) atoms. The SMILES string of the molecule is C[C@@H](C(=O)Nc1cccc2ccccc12)c1ccccc1. The zero-order valence-electron chi connectivity index (χ0n) is 11.9. The van der Waals surface area contributed by atoms with Gasteiger partial charge in [0.25, 0.3) is 0 Å². The lowest BCUT2D eigenvalue weighted by Crippen LogP contribution is -2.18. The Kier molecular flexibility index (Phi) is 3.69. The van der Waals surface area contributed by atoms with Crippen LogP contribution in [0.25, 0.3) is 10.8 Å². The summed E-state index contributed by atoms with van der Waals surface area (Å²) in [4.78, 5) is 12.4. The van der Waals surface area contributed by atoms with Crippen molar-refractivity contribution in [3.05, 3.63) is 78.4 Å².